The van der Waals surface area contributed by atoms with Gasteiger partial charge >= 0.3 is 23.8 Å². The van der Waals surface area contributed by atoms with Gasteiger partial charge in [-0.1, -0.05) is 17.2 Å². The second kappa shape index (κ2) is 8.32. The summed E-state index contributed by atoms with van der Waals surface area (Å²) in [6.07, 6.45) is 0. The van der Waals surface area contributed by atoms with Crippen LogP contribution in [0, 0.1) is 5.82 Å². The zero-order valence-corrected chi connectivity index (χ0v) is 14.5. The highest BCUT2D eigenvalue weighted by atomic mass is 32.2. The molecule has 0 saturated heterocycles. The normalized spacial score (nSPS) is 10.4. The molecule has 1 amide bonds. The first-order valence-electron chi connectivity index (χ1n) is 7.62. The van der Waals surface area contributed by atoms with E-state index >= 15 is 0 Å². The minimum atomic E-state index is -0.909. The Labute approximate surface area is 156 Å². The summed E-state index contributed by atoms with van der Waals surface area (Å²) in [6.45, 7) is 0. The number of carboxylic acid groups (broad SMARTS) is 1. The zero-order chi connectivity index (χ0) is 19.2. The number of nitrogens with one attached hydrogen (secondary N) is 2. The van der Waals surface area contributed by atoms with E-state index in [0.717, 1.165) is 4.90 Å². The molecule has 138 valence electrons. The molecule has 2 aromatic carbocycles. The Hall–Kier alpha value is -3.40. The first-order chi connectivity index (χ1) is 13.0. The van der Waals surface area contributed by atoms with Crippen LogP contribution in [0.15, 0.2) is 57.8 Å². The van der Waals surface area contributed by atoms with Gasteiger partial charge in [-0.3, -0.25) is 9.59 Å². The molecule has 3 rings (SSSR count). The third-order valence-corrected chi connectivity index (χ3v) is 4.21. The number of aromatic nitrogens is 2. The minimum Gasteiger partial charge on any atom is -0.481 e. The van der Waals surface area contributed by atoms with Crippen LogP contribution in [-0.2, 0) is 4.79 Å². The van der Waals surface area contributed by atoms with Crippen LogP contribution in [0.25, 0.3) is 0 Å². The van der Waals surface area contributed by atoms with Gasteiger partial charge in [0.2, 0.25) is 0 Å². The van der Waals surface area contributed by atoms with Crippen LogP contribution in [0.2, 0.25) is 0 Å². The largest absolute Gasteiger partial charge is 0.481 e. The van der Waals surface area contributed by atoms with Gasteiger partial charge in [0.15, 0.2) is 0 Å². The average Bonchev–Trinajstić information content (AvgIpc) is 3.12. The molecule has 8 nitrogen and oxygen atoms in total. The minimum absolute atomic E-state index is 0.0501. The van der Waals surface area contributed by atoms with Crippen molar-refractivity contribution in [3.63, 3.8) is 0 Å². The fourth-order valence-electron chi connectivity index (χ4n) is 2.01. The van der Waals surface area contributed by atoms with E-state index < -0.39 is 17.7 Å². The Morgan fingerprint density at radius 1 is 1.11 bits per heavy atom. The van der Waals surface area contributed by atoms with Crippen molar-refractivity contribution in [3.8, 4) is 0 Å². The molecule has 1 heterocycles. The molecule has 0 unspecified atom stereocenters. The molecule has 0 radical (unpaired) electrons. The van der Waals surface area contributed by atoms with Crippen molar-refractivity contribution in [2.24, 2.45) is 0 Å². The van der Waals surface area contributed by atoms with Crippen molar-refractivity contribution in [1.29, 1.82) is 0 Å². The molecule has 0 aliphatic rings. The smallest absolute Gasteiger partial charge is 0.320 e. The van der Waals surface area contributed by atoms with Gasteiger partial charge in [-0.05, 0) is 36.4 Å². The number of carbonyl (C=O) groups is 2. The highest BCUT2D eigenvalue weighted by molar-refractivity contribution is 8.00. The summed E-state index contributed by atoms with van der Waals surface area (Å²) in [7, 11) is 0. The number of benzene rings is 2. The summed E-state index contributed by atoms with van der Waals surface area (Å²) >= 11 is 1.17. The number of amides is 1. The van der Waals surface area contributed by atoms with E-state index in [2.05, 4.69) is 20.8 Å². The lowest BCUT2D eigenvalue weighted by Gasteiger charge is -2.04. The molecule has 3 aromatic rings. The second-order valence-electron chi connectivity index (χ2n) is 5.18. The van der Waals surface area contributed by atoms with Gasteiger partial charge in [0.25, 0.3) is 0 Å². The number of thioether (sulfide) groups is 1. The Bertz CT molecular complexity index is 962. The molecule has 0 atom stereocenters. The molecule has 0 aliphatic carbocycles. The first-order valence-corrected chi connectivity index (χ1v) is 8.61. The van der Waals surface area contributed by atoms with Crippen molar-refractivity contribution in [2.75, 3.05) is 16.4 Å². The molecule has 10 heteroatoms. The van der Waals surface area contributed by atoms with Crippen LogP contribution in [-0.4, -0.2) is 32.9 Å². The summed E-state index contributed by atoms with van der Waals surface area (Å²) < 4.78 is 18.8. The summed E-state index contributed by atoms with van der Waals surface area (Å²) in [5, 5.41) is 21.1. The second-order valence-corrected chi connectivity index (χ2v) is 6.23. The summed E-state index contributed by atoms with van der Waals surface area (Å²) in [5.41, 5.74) is 0.615. The number of anilines is 3. The van der Waals surface area contributed by atoms with E-state index in [9.17, 15) is 14.0 Å². The SMILES string of the molecule is O=C(O)CSc1ccc(NC(=O)c2nnc(Nc3ccccc3F)o2)cc1. The van der Waals surface area contributed by atoms with Crippen LogP contribution in [0.3, 0.4) is 0 Å². The van der Waals surface area contributed by atoms with Gasteiger partial charge in [0.05, 0.1) is 11.4 Å². The molecular formula is C17H13FN4O4S. The third-order valence-electron chi connectivity index (χ3n) is 3.21. The summed E-state index contributed by atoms with van der Waals surface area (Å²) in [4.78, 5) is 23.5. The number of para-hydroxylation sites is 1. The first kappa shape index (κ1) is 18.4. The summed E-state index contributed by atoms with van der Waals surface area (Å²) in [6, 6.07) is 12.4. The maximum Gasteiger partial charge on any atom is 0.320 e. The Balaban J connectivity index is 1.61. The Kier molecular flexibility index (Phi) is 5.67. The number of carboxylic acids is 1. The molecule has 1 aromatic heterocycles. The number of hydrogen-bond donors (Lipinski definition) is 3. The van der Waals surface area contributed by atoms with Crippen molar-refractivity contribution in [1.82, 2.24) is 10.2 Å². The van der Waals surface area contributed by atoms with E-state index in [-0.39, 0.29) is 23.3 Å². The van der Waals surface area contributed by atoms with Gasteiger partial charge in [0, 0.05) is 10.6 Å². The highest BCUT2D eigenvalue weighted by Gasteiger charge is 2.16. The highest BCUT2D eigenvalue weighted by Crippen LogP contribution is 2.21. The predicted molar refractivity (Wildman–Crippen MR) is 96.7 cm³/mol. The van der Waals surface area contributed by atoms with Crippen molar-refractivity contribution >= 4 is 41.0 Å². The molecule has 0 bridgehead atoms. The standard InChI is InChI=1S/C17H13FN4O4S/c18-12-3-1-2-4-13(12)20-17-22-21-16(26-17)15(25)19-10-5-7-11(8-6-10)27-9-14(23)24/h1-8H,9H2,(H,19,25)(H,20,22)(H,23,24). The topological polar surface area (TPSA) is 117 Å². The fraction of sp³-hybridized carbons (Fsp3) is 0.0588. The van der Waals surface area contributed by atoms with E-state index in [1.165, 1.54) is 23.9 Å². The van der Waals surface area contributed by atoms with Crippen LogP contribution in [0.4, 0.5) is 21.8 Å². The van der Waals surface area contributed by atoms with Crippen LogP contribution in [0.5, 0.6) is 0 Å². The predicted octanol–water partition coefficient (Wildman–Crippen LogP) is 3.38. The zero-order valence-electron chi connectivity index (χ0n) is 13.7. The lowest BCUT2D eigenvalue weighted by atomic mass is 10.3. The maximum atomic E-state index is 13.6. The number of rotatable bonds is 7. The van der Waals surface area contributed by atoms with Gasteiger partial charge in [-0.15, -0.1) is 16.9 Å². The molecule has 27 heavy (non-hydrogen) atoms. The summed E-state index contributed by atoms with van der Waals surface area (Å²) in [5.74, 6) is -2.38. The van der Waals surface area contributed by atoms with Crippen LogP contribution in [0.1, 0.15) is 10.7 Å². The monoisotopic (exact) mass is 388 g/mol. The van der Waals surface area contributed by atoms with Gasteiger partial charge in [-0.2, -0.15) is 0 Å². The third kappa shape index (κ3) is 5.05. The van der Waals surface area contributed by atoms with Crippen molar-refractivity contribution < 1.29 is 23.5 Å². The number of halogens is 1. The lowest BCUT2D eigenvalue weighted by molar-refractivity contribution is -0.133. The molecule has 0 spiro atoms. The quantitative estimate of drug-likeness (QED) is 0.527. The van der Waals surface area contributed by atoms with Gasteiger partial charge < -0.3 is 20.2 Å². The molecule has 3 N–H and O–H groups in total. The lowest BCUT2D eigenvalue weighted by Crippen LogP contribution is -2.12. The average molecular weight is 388 g/mol. The van der Waals surface area contributed by atoms with Gasteiger partial charge in [0.1, 0.15) is 5.82 Å². The van der Waals surface area contributed by atoms with Crippen LogP contribution >= 0.6 is 11.8 Å². The molecular weight excluding hydrogens is 375 g/mol. The van der Waals surface area contributed by atoms with E-state index in [1.54, 1.807) is 36.4 Å². The number of carbonyl (C=O) groups excluding carboxylic acids is 1. The van der Waals surface area contributed by atoms with Crippen LogP contribution < -0.4 is 10.6 Å². The van der Waals surface area contributed by atoms with E-state index in [1.807, 2.05) is 0 Å². The Morgan fingerprint density at radius 3 is 2.56 bits per heavy atom. The maximum absolute atomic E-state index is 13.6. The molecule has 0 saturated carbocycles. The molecule has 0 aliphatic heterocycles. The van der Waals surface area contributed by atoms with Gasteiger partial charge in [-0.25, -0.2) is 4.39 Å². The fourth-order valence-corrected chi connectivity index (χ4v) is 2.63. The molecule has 0 fully saturated rings. The van der Waals surface area contributed by atoms with E-state index in [0.29, 0.717) is 5.69 Å². The number of hydrogen-bond acceptors (Lipinski definition) is 7. The number of aliphatic carboxylic acids is 1. The van der Waals surface area contributed by atoms with Crippen molar-refractivity contribution in [2.45, 2.75) is 4.90 Å². The van der Waals surface area contributed by atoms with E-state index in [4.69, 9.17) is 9.52 Å². The Morgan fingerprint density at radius 2 is 1.85 bits per heavy atom. The number of nitrogens with zero attached hydrogens (tertiary/aromatic N) is 2. The van der Waals surface area contributed by atoms with Crippen molar-refractivity contribution in [3.05, 3.63) is 60.2 Å².